The number of benzene rings is 1. The van der Waals surface area contributed by atoms with Gasteiger partial charge < -0.3 is 9.15 Å². The van der Waals surface area contributed by atoms with Gasteiger partial charge in [0.05, 0.1) is 16.5 Å². The maximum atomic E-state index is 13.8. The normalized spacial score (nSPS) is 12.3. The van der Waals surface area contributed by atoms with Crippen LogP contribution in [-0.2, 0) is 28.0 Å². The van der Waals surface area contributed by atoms with Gasteiger partial charge in [0.15, 0.2) is 0 Å². The van der Waals surface area contributed by atoms with Crippen LogP contribution in [0.3, 0.4) is 0 Å². The summed E-state index contributed by atoms with van der Waals surface area (Å²) in [5.74, 6) is -0.276. The molecule has 0 N–H and O–H groups in total. The molecule has 0 unspecified atom stereocenters. The lowest BCUT2D eigenvalue weighted by molar-refractivity contribution is -0.164. The maximum Gasteiger partial charge on any atom is 0.333 e. The molecule has 8 nitrogen and oxygen atoms in total. The number of hydrogen-bond acceptors (Lipinski definition) is 7. The molecule has 0 amide bonds. The Balaban J connectivity index is 1.96. The third kappa shape index (κ3) is 4.60. The number of hydrogen-bond donors (Lipinski definition) is 0. The Kier molecular flexibility index (Phi) is 6.31. The van der Waals surface area contributed by atoms with Crippen molar-refractivity contribution >= 4 is 27.5 Å². The van der Waals surface area contributed by atoms with E-state index in [4.69, 9.17) is 9.15 Å². The molecule has 0 spiro atoms. The minimum atomic E-state index is -1.53. The minimum Gasteiger partial charge on any atom is -0.458 e. The average Bonchev–Trinajstić information content (AvgIpc) is 3.41. The molecule has 184 valence electrons. The Hall–Kier alpha value is -3.46. The van der Waals surface area contributed by atoms with E-state index in [1.54, 1.807) is 32.3 Å². The summed E-state index contributed by atoms with van der Waals surface area (Å²) in [6.07, 6.45) is 3.57. The maximum absolute atomic E-state index is 13.8. The first-order chi connectivity index (χ1) is 16.4. The Morgan fingerprint density at radius 2 is 1.80 bits per heavy atom. The Morgan fingerprint density at radius 3 is 2.40 bits per heavy atom. The molecule has 0 fully saturated rings. The number of aryl methyl sites for hydroxylation is 3. The molecule has 0 bridgehead atoms. The minimum absolute atomic E-state index is 0.328. The predicted molar refractivity (Wildman–Crippen MR) is 136 cm³/mol. The van der Waals surface area contributed by atoms with E-state index in [2.05, 4.69) is 4.98 Å². The first-order valence-corrected chi connectivity index (χ1v) is 12.2. The molecule has 35 heavy (non-hydrogen) atoms. The summed E-state index contributed by atoms with van der Waals surface area (Å²) in [7, 11) is 0. The molecular weight excluding hydrogens is 466 g/mol. The summed E-state index contributed by atoms with van der Waals surface area (Å²) in [5, 5.41) is 0.368. The van der Waals surface area contributed by atoms with Crippen LogP contribution >= 0.6 is 11.3 Å². The second-order valence-electron chi connectivity index (χ2n) is 9.94. The zero-order chi connectivity index (χ0) is 25.5. The molecule has 0 saturated heterocycles. The molecule has 3 heterocycles. The Bertz CT molecular complexity index is 1490. The number of rotatable bonds is 6. The van der Waals surface area contributed by atoms with Crippen molar-refractivity contribution in [1.29, 1.82) is 0 Å². The van der Waals surface area contributed by atoms with E-state index in [0.717, 1.165) is 10.1 Å². The summed E-state index contributed by atoms with van der Waals surface area (Å²) in [6.45, 7) is 10.4. The van der Waals surface area contributed by atoms with Crippen molar-refractivity contribution in [2.24, 2.45) is 0 Å². The van der Waals surface area contributed by atoms with Gasteiger partial charge in [0.25, 0.3) is 5.56 Å². The highest BCUT2D eigenvalue weighted by molar-refractivity contribution is 7.22. The van der Waals surface area contributed by atoms with E-state index in [-0.39, 0.29) is 0 Å². The summed E-state index contributed by atoms with van der Waals surface area (Å²) in [6, 6.07) is 9.79. The first-order valence-electron chi connectivity index (χ1n) is 11.4. The van der Waals surface area contributed by atoms with Gasteiger partial charge in [-0.05, 0) is 59.1 Å². The number of ether oxygens (including phenoxy) is 1. The SMILES string of the molecule is Cc1c(-c2ncco2)sc2c1c(=O)n(C(C)(C)C(=O)OC(C)(C)C)c(=O)n2CCc1ccccc1. The number of esters is 1. The summed E-state index contributed by atoms with van der Waals surface area (Å²) < 4.78 is 13.7. The zero-order valence-corrected chi connectivity index (χ0v) is 21.6. The molecule has 0 aliphatic heterocycles. The molecule has 9 heteroatoms. The second-order valence-corrected chi connectivity index (χ2v) is 10.9. The van der Waals surface area contributed by atoms with Crippen molar-refractivity contribution in [2.45, 2.75) is 65.6 Å². The molecule has 0 aliphatic carbocycles. The van der Waals surface area contributed by atoms with Crippen LogP contribution in [0, 0.1) is 6.92 Å². The van der Waals surface area contributed by atoms with Crippen molar-refractivity contribution < 1.29 is 13.9 Å². The van der Waals surface area contributed by atoms with Gasteiger partial charge in [-0.3, -0.25) is 9.36 Å². The molecular formula is C26H29N3O5S. The van der Waals surface area contributed by atoms with Gasteiger partial charge in [-0.25, -0.2) is 19.1 Å². The number of carbonyl (C=O) groups is 1. The van der Waals surface area contributed by atoms with Gasteiger partial charge in [-0.1, -0.05) is 30.3 Å². The largest absolute Gasteiger partial charge is 0.458 e. The van der Waals surface area contributed by atoms with E-state index >= 15 is 0 Å². The highest BCUT2D eigenvalue weighted by atomic mass is 32.1. The van der Waals surface area contributed by atoms with Crippen LogP contribution in [0.5, 0.6) is 0 Å². The summed E-state index contributed by atoms with van der Waals surface area (Å²) >= 11 is 1.29. The molecule has 0 saturated carbocycles. The topological polar surface area (TPSA) is 96.3 Å². The quantitative estimate of drug-likeness (QED) is 0.365. The van der Waals surface area contributed by atoms with Crippen LogP contribution in [0.4, 0.5) is 0 Å². The van der Waals surface area contributed by atoms with Gasteiger partial charge in [-0.2, -0.15) is 0 Å². The van der Waals surface area contributed by atoms with E-state index < -0.39 is 28.4 Å². The van der Waals surface area contributed by atoms with E-state index in [0.29, 0.717) is 39.5 Å². The monoisotopic (exact) mass is 495 g/mol. The fraction of sp³-hybridized carbons (Fsp3) is 0.385. The van der Waals surface area contributed by atoms with Gasteiger partial charge in [-0.15, -0.1) is 11.3 Å². The lowest BCUT2D eigenvalue weighted by atomic mass is 10.0. The van der Waals surface area contributed by atoms with Crippen molar-refractivity contribution in [1.82, 2.24) is 14.1 Å². The highest BCUT2D eigenvalue weighted by Gasteiger charge is 2.38. The molecule has 4 rings (SSSR count). The van der Waals surface area contributed by atoms with Crippen molar-refractivity contribution in [3.8, 4) is 10.8 Å². The van der Waals surface area contributed by atoms with Gasteiger partial charge in [0.2, 0.25) is 5.89 Å². The van der Waals surface area contributed by atoms with Crippen LogP contribution in [0.15, 0.2) is 56.8 Å². The number of fused-ring (bicyclic) bond motifs is 1. The Morgan fingerprint density at radius 1 is 1.11 bits per heavy atom. The van der Waals surface area contributed by atoms with Crippen LogP contribution in [-0.4, -0.2) is 25.7 Å². The van der Waals surface area contributed by atoms with Crippen molar-refractivity contribution in [2.75, 3.05) is 0 Å². The summed E-state index contributed by atoms with van der Waals surface area (Å²) in [5.41, 5.74) is -1.69. The van der Waals surface area contributed by atoms with Gasteiger partial charge in [0, 0.05) is 6.54 Å². The number of aromatic nitrogens is 3. The van der Waals surface area contributed by atoms with Crippen LogP contribution in [0.25, 0.3) is 21.0 Å². The predicted octanol–water partition coefficient (Wildman–Crippen LogP) is 4.51. The Labute approximate surface area is 206 Å². The molecule has 0 radical (unpaired) electrons. The number of nitrogens with zero attached hydrogens (tertiary/aromatic N) is 3. The number of oxazole rings is 1. The lowest BCUT2D eigenvalue weighted by Gasteiger charge is -2.30. The number of carbonyl (C=O) groups excluding carboxylic acids is 1. The zero-order valence-electron chi connectivity index (χ0n) is 20.7. The van der Waals surface area contributed by atoms with Gasteiger partial charge in [0.1, 0.15) is 22.2 Å². The van der Waals surface area contributed by atoms with E-state index in [1.165, 1.54) is 37.6 Å². The van der Waals surface area contributed by atoms with E-state index in [9.17, 15) is 14.4 Å². The van der Waals surface area contributed by atoms with Crippen molar-refractivity contribution in [3.05, 3.63) is 74.8 Å². The first kappa shape index (κ1) is 24.7. The van der Waals surface area contributed by atoms with E-state index in [1.807, 2.05) is 30.3 Å². The van der Waals surface area contributed by atoms with Gasteiger partial charge >= 0.3 is 11.7 Å². The highest BCUT2D eigenvalue weighted by Crippen LogP contribution is 2.36. The van der Waals surface area contributed by atoms with Crippen LogP contribution in [0.1, 0.15) is 45.7 Å². The standard InChI is InChI=1S/C26H29N3O5S/c1-16-18-21(30)29(26(5,6)23(31)34-25(2,3)4)24(32)28(14-12-17-10-8-7-9-11-17)22(18)35-19(16)20-27-13-15-33-20/h7-11,13,15H,12,14H2,1-6H3. The molecule has 3 aromatic heterocycles. The average molecular weight is 496 g/mol. The third-order valence-corrected chi connectivity index (χ3v) is 7.07. The molecule has 1 aromatic carbocycles. The molecule has 0 aliphatic rings. The smallest absolute Gasteiger partial charge is 0.333 e. The third-order valence-electron chi connectivity index (χ3n) is 5.76. The fourth-order valence-corrected chi connectivity index (χ4v) is 5.21. The number of thiophene rings is 1. The molecule has 0 atom stereocenters. The summed E-state index contributed by atoms with van der Waals surface area (Å²) in [4.78, 5) is 46.2. The lowest BCUT2D eigenvalue weighted by Crippen LogP contribution is -2.54. The fourth-order valence-electron chi connectivity index (χ4n) is 3.96. The van der Waals surface area contributed by atoms with Crippen molar-refractivity contribution in [3.63, 3.8) is 0 Å². The second kappa shape index (κ2) is 8.96. The van der Waals surface area contributed by atoms with Crippen LogP contribution in [0.2, 0.25) is 0 Å². The van der Waals surface area contributed by atoms with Crippen LogP contribution < -0.4 is 11.2 Å². The molecule has 4 aromatic rings.